The number of carbonyl (C=O) groups is 2. The zero-order valence-electron chi connectivity index (χ0n) is 40.4. The lowest BCUT2D eigenvalue weighted by molar-refractivity contribution is -0.202. The van der Waals surface area contributed by atoms with Crippen molar-refractivity contribution >= 4 is 11.9 Å². The summed E-state index contributed by atoms with van der Waals surface area (Å²) in [5, 5.41) is 83.7. The van der Waals surface area contributed by atoms with Crippen LogP contribution >= 0.6 is 0 Å². The second-order valence-electron chi connectivity index (χ2n) is 21.3. The molecule has 4 aliphatic carbocycles. The Bertz CT molecular complexity index is 1280. The maximum absolute atomic E-state index is 13.0. The summed E-state index contributed by atoms with van der Waals surface area (Å²) in [5.41, 5.74) is -0.186. The molecule has 12 heteroatoms. The van der Waals surface area contributed by atoms with Gasteiger partial charge in [0.25, 0.3) is 0 Å². The fourth-order valence-electron chi connectivity index (χ4n) is 13.0. The molecule has 0 aliphatic heterocycles. The van der Waals surface area contributed by atoms with Crippen molar-refractivity contribution < 1.29 is 50.4 Å². The first-order valence-corrected chi connectivity index (χ1v) is 25.9. The zero-order chi connectivity index (χ0) is 46.6. The molecule has 0 unspecified atom stereocenters. The van der Waals surface area contributed by atoms with Gasteiger partial charge < -0.3 is 51.5 Å². The van der Waals surface area contributed by atoms with Crippen LogP contribution in [-0.4, -0.2) is 116 Å². The maximum Gasteiger partial charge on any atom is 0.303 e. The van der Waals surface area contributed by atoms with E-state index < -0.39 is 43.1 Å². The van der Waals surface area contributed by atoms with Crippen LogP contribution in [0.1, 0.15) is 201 Å². The number of aliphatic carboxylic acids is 1. The lowest BCUT2D eigenvalue weighted by Crippen LogP contribution is -2.63. The highest BCUT2D eigenvalue weighted by molar-refractivity contribution is 5.76. The molecule has 0 radical (unpaired) electrons. The largest absolute Gasteiger partial charge is 0.481 e. The molecule has 63 heavy (non-hydrogen) atoms. The number of hydrogen-bond acceptors (Lipinski definition) is 10. The highest BCUT2D eigenvalue weighted by atomic mass is 16.4. The van der Waals surface area contributed by atoms with Crippen molar-refractivity contribution in [3.05, 3.63) is 0 Å². The standard InChI is InChI=1S/C44H79NO5.C7H17NO5/c1-5-6-7-8-9-10-11-12-13-14-15-16-17-18-19-20-21-22-40(48)45-34-27-28-43(3)33(29-34)30-38(46)42-36-25-24-35(32(2)23-26-41(49)50)44(36,4)39(47)31-37(42)43;1-8-2-4(10)6(12)7(13)5(11)3-9/h32-39,42,46-47H,5-31H2,1-4H3,(H,45,48)(H,49,50);4-13H,2-3H2,1H3/t32-,33+,34+,35-,36+,37+,38-,39+,42+,43+,44-;4-,5+,6+,7+/m10/s1. The normalized spacial score (nSPS) is 32.5. The Morgan fingerprint density at radius 2 is 1.24 bits per heavy atom. The minimum atomic E-state index is -1.55. The molecule has 4 fully saturated rings. The molecule has 370 valence electrons. The highest BCUT2D eigenvalue weighted by Crippen LogP contribution is 2.68. The van der Waals surface area contributed by atoms with Crippen molar-refractivity contribution in [2.75, 3.05) is 20.2 Å². The number of fused-ring (bicyclic) bond motifs is 5. The highest BCUT2D eigenvalue weighted by Gasteiger charge is 2.65. The Morgan fingerprint density at radius 3 is 1.76 bits per heavy atom. The molecule has 0 aromatic carbocycles. The van der Waals surface area contributed by atoms with Gasteiger partial charge in [-0.3, -0.25) is 9.59 Å². The van der Waals surface area contributed by atoms with E-state index >= 15 is 0 Å². The topological polar surface area (TPSA) is 220 Å². The van der Waals surface area contributed by atoms with Gasteiger partial charge in [-0.1, -0.05) is 130 Å². The van der Waals surface area contributed by atoms with E-state index in [1.54, 1.807) is 7.05 Å². The molecular formula is C51H96N2O10. The van der Waals surface area contributed by atoms with Gasteiger partial charge in [0.05, 0.1) is 24.9 Å². The molecular weight excluding hydrogens is 801 g/mol. The van der Waals surface area contributed by atoms with E-state index in [2.05, 4.69) is 38.3 Å². The van der Waals surface area contributed by atoms with Crippen LogP contribution in [0.3, 0.4) is 0 Å². The van der Waals surface area contributed by atoms with Gasteiger partial charge in [0.1, 0.15) is 18.3 Å². The third-order valence-corrected chi connectivity index (χ3v) is 17.0. The van der Waals surface area contributed by atoms with Gasteiger partial charge in [-0.15, -0.1) is 0 Å². The predicted octanol–water partition coefficient (Wildman–Crippen LogP) is 7.26. The average Bonchev–Trinajstić information content (AvgIpc) is 3.62. The number of aliphatic hydroxyl groups is 7. The quantitative estimate of drug-likeness (QED) is 0.0337. The smallest absolute Gasteiger partial charge is 0.303 e. The number of hydrogen-bond donors (Lipinski definition) is 10. The fourth-order valence-corrected chi connectivity index (χ4v) is 13.0. The van der Waals surface area contributed by atoms with Crippen molar-refractivity contribution in [2.45, 2.75) is 244 Å². The van der Waals surface area contributed by atoms with E-state index in [1.165, 1.54) is 96.3 Å². The molecule has 0 bridgehead atoms. The number of carbonyl (C=O) groups excluding carboxylic acids is 1. The fraction of sp³-hybridized carbons (Fsp3) is 0.961. The minimum absolute atomic E-state index is 0.0774. The van der Waals surface area contributed by atoms with E-state index in [4.69, 9.17) is 20.4 Å². The molecule has 4 rings (SSSR count). The van der Waals surface area contributed by atoms with Gasteiger partial charge in [0, 0.05) is 25.4 Å². The minimum Gasteiger partial charge on any atom is -0.481 e. The Balaban J connectivity index is 0.000000701. The van der Waals surface area contributed by atoms with Crippen LogP contribution in [0.4, 0.5) is 0 Å². The molecule has 10 N–H and O–H groups in total. The number of unbranched alkanes of at least 4 members (excludes halogenated alkanes) is 16. The summed E-state index contributed by atoms with van der Waals surface area (Å²) in [6.07, 6.45) is 24.4. The summed E-state index contributed by atoms with van der Waals surface area (Å²) in [7, 11) is 1.57. The van der Waals surface area contributed by atoms with Crippen LogP contribution in [0, 0.1) is 46.3 Å². The average molecular weight is 897 g/mol. The summed E-state index contributed by atoms with van der Waals surface area (Å²) in [6.45, 7) is 8.56. The van der Waals surface area contributed by atoms with Crippen LogP contribution in [-0.2, 0) is 9.59 Å². The lowest BCUT2D eigenvalue weighted by atomic mass is 9.43. The van der Waals surface area contributed by atoms with E-state index in [-0.39, 0.29) is 59.6 Å². The summed E-state index contributed by atoms with van der Waals surface area (Å²) >= 11 is 0. The number of likely N-dealkylation sites (N-methyl/N-ethyl adjacent to an activating group) is 1. The SMILES string of the molecule is CCCCCCCCCCCCCCCCCCCC(=O)N[C@H]1CC[C@@]2(C)[C@@H](C1)C[C@@H](O)[C@@H]1[C@@H]2C[C@H](O)[C@]2(C)[C@@H]([C@H](C)CCC(=O)O)CC[C@@H]12.CNC[C@H](O)[C@@H](O)[C@H](O)[C@H](O)CO. The van der Waals surface area contributed by atoms with Crippen molar-refractivity contribution in [2.24, 2.45) is 46.3 Å². The van der Waals surface area contributed by atoms with Crippen LogP contribution in [0.5, 0.6) is 0 Å². The molecule has 4 aliphatic rings. The monoisotopic (exact) mass is 897 g/mol. The van der Waals surface area contributed by atoms with Crippen LogP contribution in [0.25, 0.3) is 0 Å². The molecule has 4 saturated carbocycles. The van der Waals surface area contributed by atoms with Crippen molar-refractivity contribution in [3.63, 3.8) is 0 Å². The van der Waals surface area contributed by atoms with Crippen LogP contribution < -0.4 is 10.6 Å². The van der Waals surface area contributed by atoms with Gasteiger partial charge in [0.2, 0.25) is 5.91 Å². The van der Waals surface area contributed by atoms with Gasteiger partial charge in [-0.05, 0) is 111 Å². The Labute approximate surface area is 382 Å². The number of aliphatic hydroxyl groups excluding tert-OH is 7. The molecule has 0 aromatic heterocycles. The first-order chi connectivity index (χ1) is 30.1. The molecule has 0 saturated heterocycles. The molecule has 15 atom stereocenters. The maximum atomic E-state index is 13.0. The van der Waals surface area contributed by atoms with Gasteiger partial charge >= 0.3 is 5.97 Å². The van der Waals surface area contributed by atoms with Gasteiger partial charge in [-0.2, -0.15) is 0 Å². The summed E-state index contributed by atoms with van der Waals surface area (Å²) in [4.78, 5) is 24.2. The second-order valence-corrected chi connectivity index (χ2v) is 21.3. The molecule has 0 aromatic rings. The summed E-state index contributed by atoms with van der Waals surface area (Å²) in [6, 6.07) is 0.194. The first kappa shape index (κ1) is 55.9. The molecule has 0 spiro atoms. The number of carboxylic acid groups (broad SMARTS) is 1. The van der Waals surface area contributed by atoms with E-state index in [0.29, 0.717) is 30.6 Å². The predicted molar refractivity (Wildman–Crippen MR) is 250 cm³/mol. The Morgan fingerprint density at radius 1 is 0.698 bits per heavy atom. The number of amides is 1. The Hall–Kier alpha value is -1.38. The van der Waals surface area contributed by atoms with Gasteiger partial charge in [0.15, 0.2) is 0 Å². The number of rotatable bonds is 29. The van der Waals surface area contributed by atoms with E-state index in [1.807, 2.05) is 0 Å². The number of carboxylic acids is 1. The number of nitrogens with one attached hydrogen (secondary N) is 2. The van der Waals surface area contributed by atoms with Crippen molar-refractivity contribution in [1.82, 2.24) is 10.6 Å². The van der Waals surface area contributed by atoms with E-state index in [0.717, 1.165) is 57.8 Å². The summed E-state index contributed by atoms with van der Waals surface area (Å²) in [5.74, 6) is 1.14. The van der Waals surface area contributed by atoms with Crippen molar-refractivity contribution in [1.29, 1.82) is 0 Å². The molecule has 1 amide bonds. The third-order valence-electron chi connectivity index (χ3n) is 17.0. The van der Waals surface area contributed by atoms with E-state index in [9.17, 15) is 30.0 Å². The first-order valence-electron chi connectivity index (χ1n) is 25.9. The zero-order valence-corrected chi connectivity index (χ0v) is 40.4. The molecule has 0 heterocycles. The van der Waals surface area contributed by atoms with Crippen LogP contribution in [0.2, 0.25) is 0 Å². The second kappa shape index (κ2) is 28.7. The third kappa shape index (κ3) is 16.4. The van der Waals surface area contributed by atoms with Crippen LogP contribution in [0.15, 0.2) is 0 Å². The van der Waals surface area contributed by atoms with Gasteiger partial charge in [-0.25, -0.2) is 0 Å². The molecule has 12 nitrogen and oxygen atoms in total. The van der Waals surface area contributed by atoms with Crippen molar-refractivity contribution in [3.8, 4) is 0 Å². The lowest BCUT2D eigenvalue weighted by Gasteiger charge is -2.63. The summed E-state index contributed by atoms with van der Waals surface area (Å²) < 4.78 is 0. The Kier molecular flexibility index (Phi) is 25.5.